The van der Waals surface area contributed by atoms with Gasteiger partial charge in [0.15, 0.2) is 0 Å². The van der Waals surface area contributed by atoms with Gasteiger partial charge in [0.2, 0.25) is 5.91 Å². The van der Waals surface area contributed by atoms with E-state index in [1.807, 2.05) is 23.1 Å². The third-order valence-electron chi connectivity index (χ3n) is 4.98. The van der Waals surface area contributed by atoms with Crippen molar-refractivity contribution in [1.29, 1.82) is 0 Å². The van der Waals surface area contributed by atoms with Gasteiger partial charge in [-0.15, -0.1) is 0 Å². The number of piperidine rings is 1. The van der Waals surface area contributed by atoms with Crippen LogP contribution in [0.5, 0.6) is 0 Å². The SMILES string of the molecule is COCCN(Cc1ccccc1C)C(=O)NC[C@@H]1CCCN(C(C)=O)C1. The second-order valence-corrected chi connectivity index (χ2v) is 7.00. The predicted molar refractivity (Wildman–Crippen MR) is 102 cm³/mol. The second-order valence-electron chi connectivity index (χ2n) is 7.00. The first-order valence-corrected chi connectivity index (χ1v) is 9.33. The van der Waals surface area contributed by atoms with E-state index in [-0.39, 0.29) is 11.9 Å². The predicted octanol–water partition coefficient (Wildman–Crippen LogP) is 2.41. The molecule has 0 aliphatic carbocycles. The Morgan fingerprint density at radius 3 is 2.81 bits per heavy atom. The lowest BCUT2D eigenvalue weighted by molar-refractivity contribution is -0.130. The maximum Gasteiger partial charge on any atom is 0.317 e. The van der Waals surface area contributed by atoms with E-state index in [0.717, 1.165) is 31.5 Å². The number of rotatable bonds is 7. The molecule has 0 radical (unpaired) electrons. The van der Waals surface area contributed by atoms with Crippen molar-refractivity contribution in [2.24, 2.45) is 5.92 Å². The number of nitrogens with one attached hydrogen (secondary N) is 1. The van der Waals surface area contributed by atoms with Crippen LogP contribution in [0.15, 0.2) is 24.3 Å². The van der Waals surface area contributed by atoms with Crippen LogP contribution in [-0.2, 0) is 16.1 Å². The molecular formula is C20H31N3O3. The number of benzene rings is 1. The first-order valence-electron chi connectivity index (χ1n) is 9.33. The first kappa shape index (κ1) is 20.2. The lowest BCUT2D eigenvalue weighted by Crippen LogP contribution is -2.46. The molecule has 1 atom stereocenters. The zero-order valence-electron chi connectivity index (χ0n) is 16.2. The van der Waals surface area contributed by atoms with Gasteiger partial charge < -0.3 is 19.9 Å². The molecule has 0 unspecified atom stereocenters. The highest BCUT2D eigenvalue weighted by atomic mass is 16.5. The number of amides is 3. The van der Waals surface area contributed by atoms with E-state index in [2.05, 4.69) is 18.3 Å². The average molecular weight is 361 g/mol. The zero-order chi connectivity index (χ0) is 18.9. The van der Waals surface area contributed by atoms with Crippen LogP contribution >= 0.6 is 0 Å². The summed E-state index contributed by atoms with van der Waals surface area (Å²) in [5.74, 6) is 0.432. The summed E-state index contributed by atoms with van der Waals surface area (Å²) in [5, 5.41) is 3.05. The second kappa shape index (κ2) is 10.2. The normalized spacial score (nSPS) is 17.0. The van der Waals surface area contributed by atoms with Crippen LogP contribution in [0.1, 0.15) is 30.9 Å². The topological polar surface area (TPSA) is 61.9 Å². The molecule has 1 saturated heterocycles. The number of carbonyl (C=O) groups is 2. The van der Waals surface area contributed by atoms with E-state index in [4.69, 9.17) is 4.74 Å². The Bertz CT molecular complexity index is 606. The quantitative estimate of drug-likeness (QED) is 0.811. The van der Waals surface area contributed by atoms with Crippen molar-refractivity contribution in [3.8, 4) is 0 Å². The molecule has 0 saturated carbocycles. The Morgan fingerprint density at radius 1 is 1.35 bits per heavy atom. The molecule has 0 bridgehead atoms. The van der Waals surface area contributed by atoms with Crippen LogP contribution in [0.2, 0.25) is 0 Å². The van der Waals surface area contributed by atoms with E-state index in [1.54, 1.807) is 18.9 Å². The highest BCUT2D eigenvalue weighted by Crippen LogP contribution is 2.16. The van der Waals surface area contributed by atoms with Crippen LogP contribution in [0, 0.1) is 12.8 Å². The number of hydrogen-bond donors (Lipinski definition) is 1. The largest absolute Gasteiger partial charge is 0.383 e. The van der Waals surface area contributed by atoms with Gasteiger partial charge in [0, 0.05) is 46.8 Å². The van der Waals surface area contributed by atoms with E-state index in [1.165, 1.54) is 5.56 Å². The Morgan fingerprint density at radius 2 is 2.12 bits per heavy atom. The van der Waals surface area contributed by atoms with Crippen molar-refractivity contribution in [1.82, 2.24) is 15.1 Å². The summed E-state index contributed by atoms with van der Waals surface area (Å²) in [6.45, 7) is 7.42. The molecule has 144 valence electrons. The monoisotopic (exact) mass is 361 g/mol. The van der Waals surface area contributed by atoms with Gasteiger partial charge in [-0.3, -0.25) is 4.79 Å². The summed E-state index contributed by atoms with van der Waals surface area (Å²) in [7, 11) is 1.64. The number of aryl methyl sites for hydroxylation is 1. The van der Waals surface area contributed by atoms with E-state index in [0.29, 0.717) is 32.2 Å². The summed E-state index contributed by atoms with van der Waals surface area (Å²) in [6.07, 6.45) is 2.04. The number of urea groups is 1. The maximum atomic E-state index is 12.7. The minimum atomic E-state index is -0.0785. The molecule has 26 heavy (non-hydrogen) atoms. The Labute approximate surface area is 156 Å². The lowest BCUT2D eigenvalue weighted by atomic mass is 9.98. The maximum absolute atomic E-state index is 12.7. The van der Waals surface area contributed by atoms with Crippen LogP contribution in [0.3, 0.4) is 0 Å². The zero-order valence-corrected chi connectivity index (χ0v) is 16.2. The van der Waals surface area contributed by atoms with Crippen molar-refractivity contribution in [3.05, 3.63) is 35.4 Å². The minimum absolute atomic E-state index is 0.0785. The summed E-state index contributed by atoms with van der Waals surface area (Å²) < 4.78 is 5.16. The molecule has 3 amide bonds. The fourth-order valence-electron chi connectivity index (χ4n) is 3.31. The number of ether oxygens (including phenoxy) is 1. The molecule has 1 N–H and O–H groups in total. The fourth-order valence-corrected chi connectivity index (χ4v) is 3.31. The molecule has 1 aliphatic heterocycles. The Hall–Kier alpha value is -2.08. The standard InChI is InChI=1S/C20H31N3O3/c1-16-7-4-5-9-19(16)15-23(11-12-26-3)20(25)21-13-18-8-6-10-22(14-18)17(2)24/h4-5,7,9,18H,6,8,10-15H2,1-3H3,(H,21,25)/t18-/m0/s1. The summed E-state index contributed by atoms with van der Waals surface area (Å²) in [6, 6.07) is 8.02. The molecule has 6 nitrogen and oxygen atoms in total. The Balaban J connectivity index is 1.91. The van der Waals surface area contributed by atoms with Crippen molar-refractivity contribution < 1.29 is 14.3 Å². The molecular weight excluding hydrogens is 330 g/mol. The smallest absolute Gasteiger partial charge is 0.317 e. The molecule has 2 rings (SSSR count). The minimum Gasteiger partial charge on any atom is -0.383 e. The third kappa shape index (κ3) is 6.02. The Kier molecular flexibility index (Phi) is 7.91. The molecule has 6 heteroatoms. The first-order chi connectivity index (χ1) is 12.5. The van der Waals surface area contributed by atoms with E-state index < -0.39 is 0 Å². The van der Waals surface area contributed by atoms with Crippen LogP contribution in [0.4, 0.5) is 4.79 Å². The van der Waals surface area contributed by atoms with E-state index >= 15 is 0 Å². The van der Waals surface area contributed by atoms with E-state index in [9.17, 15) is 9.59 Å². The highest BCUT2D eigenvalue weighted by molar-refractivity contribution is 5.74. The van der Waals surface area contributed by atoms with Crippen molar-refractivity contribution >= 4 is 11.9 Å². The van der Waals surface area contributed by atoms with Crippen LogP contribution in [-0.4, -0.2) is 61.6 Å². The number of nitrogens with zero attached hydrogens (tertiary/aromatic N) is 2. The van der Waals surface area contributed by atoms with Crippen molar-refractivity contribution in [2.75, 3.05) is 39.9 Å². The van der Waals surface area contributed by atoms with Crippen molar-refractivity contribution in [2.45, 2.75) is 33.2 Å². The van der Waals surface area contributed by atoms with Crippen LogP contribution in [0.25, 0.3) is 0 Å². The fraction of sp³-hybridized carbons (Fsp3) is 0.600. The number of methoxy groups -OCH3 is 1. The number of likely N-dealkylation sites (tertiary alicyclic amines) is 1. The molecule has 1 aliphatic rings. The van der Waals surface area contributed by atoms with Gasteiger partial charge in [0.05, 0.1) is 6.61 Å². The third-order valence-corrected chi connectivity index (χ3v) is 4.98. The molecule has 1 aromatic carbocycles. The average Bonchev–Trinajstić information content (AvgIpc) is 2.64. The van der Waals surface area contributed by atoms with Crippen molar-refractivity contribution in [3.63, 3.8) is 0 Å². The molecule has 1 heterocycles. The molecule has 1 fully saturated rings. The summed E-state index contributed by atoms with van der Waals surface area (Å²) in [5.41, 5.74) is 2.31. The summed E-state index contributed by atoms with van der Waals surface area (Å²) >= 11 is 0. The summed E-state index contributed by atoms with van der Waals surface area (Å²) in [4.78, 5) is 27.9. The van der Waals surface area contributed by atoms with Gasteiger partial charge in [-0.2, -0.15) is 0 Å². The number of carbonyl (C=O) groups excluding carboxylic acids is 2. The van der Waals surface area contributed by atoms with Gasteiger partial charge >= 0.3 is 6.03 Å². The molecule has 0 spiro atoms. The highest BCUT2D eigenvalue weighted by Gasteiger charge is 2.23. The van der Waals surface area contributed by atoms with Gasteiger partial charge in [0.25, 0.3) is 0 Å². The molecule has 1 aromatic rings. The van der Waals surface area contributed by atoms with Gasteiger partial charge in [-0.25, -0.2) is 4.79 Å². The van der Waals surface area contributed by atoms with Gasteiger partial charge in [-0.1, -0.05) is 24.3 Å². The van der Waals surface area contributed by atoms with Crippen LogP contribution < -0.4 is 5.32 Å². The van der Waals surface area contributed by atoms with Gasteiger partial charge in [0.1, 0.15) is 0 Å². The molecule has 0 aromatic heterocycles. The lowest BCUT2D eigenvalue weighted by Gasteiger charge is -2.32. The number of hydrogen-bond acceptors (Lipinski definition) is 3. The van der Waals surface area contributed by atoms with Gasteiger partial charge in [-0.05, 0) is 36.8 Å².